The fraction of sp³-hybridized carbons (Fsp3) is 0.308. The van der Waals surface area contributed by atoms with Crippen LogP contribution in [0.3, 0.4) is 0 Å². The van der Waals surface area contributed by atoms with Gasteiger partial charge in [0, 0.05) is 23.7 Å². The predicted octanol–water partition coefficient (Wildman–Crippen LogP) is 3.99. The van der Waals surface area contributed by atoms with Gasteiger partial charge in [-0.15, -0.1) is 11.3 Å². The van der Waals surface area contributed by atoms with Crippen molar-refractivity contribution in [2.24, 2.45) is 0 Å². The van der Waals surface area contributed by atoms with Crippen molar-refractivity contribution in [3.63, 3.8) is 0 Å². The van der Waals surface area contributed by atoms with E-state index in [1.54, 1.807) is 11.3 Å². The number of rotatable bonds is 4. The highest BCUT2D eigenvalue weighted by Crippen LogP contribution is 2.24. The summed E-state index contributed by atoms with van der Waals surface area (Å²) in [7, 11) is 2.12. The molecule has 0 aromatic carbocycles. The van der Waals surface area contributed by atoms with Crippen molar-refractivity contribution in [2.45, 2.75) is 19.5 Å². The zero-order valence-corrected chi connectivity index (χ0v) is 11.5. The zero-order chi connectivity index (χ0) is 12.3. The second-order valence-electron chi connectivity index (χ2n) is 4.10. The first-order valence-electron chi connectivity index (χ1n) is 5.51. The number of pyridine rings is 1. The fourth-order valence-corrected chi connectivity index (χ4v) is 2.63. The number of hydrogen-bond acceptors (Lipinski definition) is 3. The molecule has 0 saturated carbocycles. The minimum atomic E-state index is 0.422. The first-order valence-corrected chi connectivity index (χ1v) is 6.76. The van der Waals surface area contributed by atoms with E-state index >= 15 is 0 Å². The van der Waals surface area contributed by atoms with Crippen molar-refractivity contribution in [1.82, 2.24) is 9.88 Å². The van der Waals surface area contributed by atoms with E-state index in [1.807, 2.05) is 18.3 Å². The van der Waals surface area contributed by atoms with Crippen LogP contribution < -0.4 is 0 Å². The highest BCUT2D eigenvalue weighted by atomic mass is 35.5. The predicted molar refractivity (Wildman–Crippen MR) is 73.4 cm³/mol. The van der Waals surface area contributed by atoms with Crippen LogP contribution in [0.25, 0.3) is 0 Å². The Hall–Kier alpha value is -0.900. The highest BCUT2D eigenvalue weighted by molar-refractivity contribution is 7.10. The molecule has 0 saturated heterocycles. The van der Waals surface area contributed by atoms with Gasteiger partial charge in [0.2, 0.25) is 0 Å². The van der Waals surface area contributed by atoms with Crippen LogP contribution >= 0.6 is 22.9 Å². The van der Waals surface area contributed by atoms with Crippen molar-refractivity contribution >= 4 is 22.9 Å². The Morgan fingerprint density at radius 2 is 2.24 bits per heavy atom. The fourth-order valence-electron chi connectivity index (χ4n) is 1.67. The molecule has 1 unspecified atom stereocenters. The number of nitrogens with zero attached hydrogens (tertiary/aromatic N) is 2. The van der Waals surface area contributed by atoms with Gasteiger partial charge in [-0.1, -0.05) is 23.7 Å². The van der Waals surface area contributed by atoms with Crippen LogP contribution in [0.15, 0.2) is 35.8 Å². The molecule has 2 nitrogen and oxygen atoms in total. The molecule has 0 spiro atoms. The summed E-state index contributed by atoms with van der Waals surface area (Å²) in [4.78, 5) is 7.78. The van der Waals surface area contributed by atoms with Crippen LogP contribution in [0.5, 0.6) is 0 Å². The smallest absolute Gasteiger partial charge is 0.129 e. The van der Waals surface area contributed by atoms with Gasteiger partial charge in [0.15, 0.2) is 0 Å². The molecule has 0 radical (unpaired) electrons. The Morgan fingerprint density at radius 3 is 2.82 bits per heavy atom. The molecule has 2 aromatic rings. The first-order chi connectivity index (χ1) is 8.16. The van der Waals surface area contributed by atoms with Gasteiger partial charge < -0.3 is 0 Å². The third kappa shape index (κ3) is 3.28. The van der Waals surface area contributed by atoms with Gasteiger partial charge >= 0.3 is 0 Å². The molecule has 1 atom stereocenters. The van der Waals surface area contributed by atoms with Gasteiger partial charge in [-0.2, -0.15) is 0 Å². The quantitative estimate of drug-likeness (QED) is 0.778. The van der Waals surface area contributed by atoms with Crippen LogP contribution in [-0.2, 0) is 6.54 Å². The molecule has 0 bridgehead atoms. The van der Waals surface area contributed by atoms with Crippen molar-refractivity contribution in [3.8, 4) is 0 Å². The van der Waals surface area contributed by atoms with E-state index in [9.17, 15) is 0 Å². The maximum atomic E-state index is 5.77. The summed E-state index contributed by atoms with van der Waals surface area (Å²) in [5, 5.41) is 2.66. The lowest BCUT2D eigenvalue weighted by atomic mass is 10.2. The summed E-state index contributed by atoms with van der Waals surface area (Å²) in [5.41, 5.74) is 1.18. The summed E-state index contributed by atoms with van der Waals surface area (Å²) >= 11 is 7.56. The average Bonchev–Trinajstić information content (AvgIpc) is 2.84. The van der Waals surface area contributed by atoms with E-state index in [0.717, 1.165) is 6.54 Å². The van der Waals surface area contributed by atoms with E-state index in [-0.39, 0.29) is 0 Å². The molecule has 0 aliphatic heterocycles. The topological polar surface area (TPSA) is 16.1 Å². The monoisotopic (exact) mass is 266 g/mol. The second-order valence-corrected chi connectivity index (χ2v) is 5.46. The molecule has 0 amide bonds. The number of halogens is 1. The minimum Gasteiger partial charge on any atom is -0.295 e. The molecular weight excluding hydrogens is 252 g/mol. The third-order valence-electron chi connectivity index (χ3n) is 2.84. The third-order valence-corrected chi connectivity index (χ3v) is 4.10. The van der Waals surface area contributed by atoms with E-state index in [4.69, 9.17) is 11.6 Å². The molecule has 0 aliphatic rings. The van der Waals surface area contributed by atoms with E-state index in [0.29, 0.717) is 11.2 Å². The van der Waals surface area contributed by atoms with Gasteiger partial charge in [-0.25, -0.2) is 4.98 Å². The zero-order valence-electron chi connectivity index (χ0n) is 9.93. The summed E-state index contributed by atoms with van der Waals surface area (Å²) in [5.74, 6) is 0. The number of aromatic nitrogens is 1. The maximum Gasteiger partial charge on any atom is 0.129 e. The van der Waals surface area contributed by atoms with Gasteiger partial charge in [-0.3, -0.25) is 4.90 Å². The van der Waals surface area contributed by atoms with Gasteiger partial charge in [0.05, 0.1) is 0 Å². The lowest BCUT2D eigenvalue weighted by molar-refractivity contribution is 0.256. The molecule has 0 N–H and O–H groups in total. The van der Waals surface area contributed by atoms with Crippen LogP contribution in [-0.4, -0.2) is 16.9 Å². The average molecular weight is 267 g/mol. The molecule has 2 aromatic heterocycles. The molecule has 17 heavy (non-hydrogen) atoms. The lowest BCUT2D eigenvalue weighted by Gasteiger charge is -2.23. The minimum absolute atomic E-state index is 0.422. The summed E-state index contributed by atoms with van der Waals surface area (Å²) in [6, 6.07) is 8.54. The van der Waals surface area contributed by atoms with E-state index in [2.05, 4.69) is 41.4 Å². The van der Waals surface area contributed by atoms with Crippen LogP contribution in [0.4, 0.5) is 0 Å². The summed E-state index contributed by atoms with van der Waals surface area (Å²) in [6.45, 7) is 3.10. The van der Waals surface area contributed by atoms with E-state index in [1.165, 1.54) is 10.4 Å². The Bertz CT molecular complexity index is 453. The van der Waals surface area contributed by atoms with Gasteiger partial charge in [0.1, 0.15) is 5.15 Å². The Balaban J connectivity index is 2.01. The first kappa shape index (κ1) is 12.6. The summed E-state index contributed by atoms with van der Waals surface area (Å²) in [6.07, 6.45) is 1.83. The molecular formula is C13H15ClN2S. The molecule has 0 aliphatic carbocycles. The van der Waals surface area contributed by atoms with Crippen LogP contribution in [0, 0.1) is 0 Å². The normalized spacial score (nSPS) is 12.9. The Kier molecular flexibility index (Phi) is 4.15. The molecule has 2 rings (SSSR count). The molecule has 2 heterocycles. The van der Waals surface area contributed by atoms with Crippen molar-refractivity contribution in [1.29, 1.82) is 0 Å². The number of thiophene rings is 1. The SMILES string of the molecule is CC(c1cccs1)N(C)Cc1ccc(Cl)nc1. The summed E-state index contributed by atoms with van der Waals surface area (Å²) < 4.78 is 0. The van der Waals surface area contributed by atoms with Crippen molar-refractivity contribution < 1.29 is 0 Å². The largest absolute Gasteiger partial charge is 0.295 e. The molecule has 0 fully saturated rings. The number of hydrogen-bond donors (Lipinski definition) is 0. The van der Waals surface area contributed by atoms with Crippen molar-refractivity contribution in [2.75, 3.05) is 7.05 Å². The molecule has 4 heteroatoms. The Labute approximate surface area is 111 Å². The maximum absolute atomic E-state index is 5.77. The van der Waals surface area contributed by atoms with Gasteiger partial charge in [-0.05, 0) is 37.0 Å². The van der Waals surface area contributed by atoms with Crippen LogP contribution in [0.1, 0.15) is 23.4 Å². The van der Waals surface area contributed by atoms with Gasteiger partial charge in [0.25, 0.3) is 0 Å². The Morgan fingerprint density at radius 1 is 1.41 bits per heavy atom. The standard InChI is InChI=1S/C13H15ClN2S/c1-10(12-4-3-7-17-12)16(2)9-11-5-6-13(14)15-8-11/h3-8,10H,9H2,1-2H3. The van der Waals surface area contributed by atoms with E-state index < -0.39 is 0 Å². The second kappa shape index (κ2) is 5.63. The van der Waals surface area contributed by atoms with Crippen molar-refractivity contribution in [3.05, 3.63) is 51.4 Å². The van der Waals surface area contributed by atoms with Crippen LogP contribution in [0.2, 0.25) is 5.15 Å². The molecule has 90 valence electrons. The highest BCUT2D eigenvalue weighted by Gasteiger charge is 2.12. The lowest BCUT2D eigenvalue weighted by Crippen LogP contribution is -2.21.